The van der Waals surface area contributed by atoms with Crippen molar-refractivity contribution in [1.82, 2.24) is 5.32 Å². The van der Waals surface area contributed by atoms with Gasteiger partial charge in [-0.2, -0.15) is 0 Å². The quantitative estimate of drug-likeness (QED) is 0.681. The van der Waals surface area contributed by atoms with Crippen LogP contribution in [-0.4, -0.2) is 18.5 Å². The summed E-state index contributed by atoms with van der Waals surface area (Å²) in [6.45, 7) is 12.8. The number of nitrogens with one attached hydrogen (secondary N) is 1. The molecule has 2 unspecified atom stereocenters. The molecule has 0 radical (unpaired) electrons. The molecule has 0 fully saturated rings. The molecular formula is C12H24N2O. The lowest BCUT2D eigenvalue weighted by molar-refractivity contribution is -0.122. The molecule has 3 N–H and O–H groups in total. The van der Waals surface area contributed by atoms with E-state index < -0.39 is 6.04 Å². The van der Waals surface area contributed by atoms with Crippen molar-refractivity contribution >= 4 is 5.91 Å². The molecular weight excluding hydrogens is 188 g/mol. The van der Waals surface area contributed by atoms with E-state index in [1.54, 1.807) is 6.08 Å². The Morgan fingerprint density at radius 2 is 2.07 bits per heavy atom. The Balaban J connectivity index is 3.95. The molecule has 0 saturated heterocycles. The summed E-state index contributed by atoms with van der Waals surface area (Å²) < 4.78 is 0. The van der Waals surface area contributed by atoms with Crippen LogP contribution in [0.4, 0.5) is 0 Å². The zero-order valence-corrected chi connectivity index (χ0v) is 10.3. The summed E-state index contributed by atoms with van der Waals surface area (Å²) >= 11 is 0. The molecule has 0 aromatic rings. The van der Waals surface area contributed by atoms with E-state index in [1.807, 2.05) is 0 Å². The second-order valence-electron chi connectivity index (χ2n) is 5.14. The maximum absolute atomic E-state index is 11.5. The van der Waals surface area contributed by atoms with Gasteiger partial charge in [-0.1, -0.05) is 33.8 Å². The molecule has 15 heavy (non-hydrogen) atoms. The standard InChI is InChI=1S/C12H24N2O/c1-6-7-10(13)11(15)14-8-9(2)12(3,4)5/h6,9-10H,1,7-8,13H2,2-5H3,(H,14,15). The van der Waals surface area contributed by atoms with Crippen LogP contribution in [0, 0.1) is 11.3 Å². The third-order valence-corrected chi connectivity index (χ3v) is 2.82. The molecule has 0 aromatic carbocycles. The van der Waals surface area contributed by atoms with E-state index >= 15 is 0 Å². The molecule has 2 atom stereocenters. The lowest BCUT2D eigenvalue weighted by atomic mass is 9.82. The second kappa shape index (κ2) is 5.91. The van der Waals surface area contributed by atoms with Gasteiger partial charge >= 0.3 is 0 Å². The van der Waals surface area contributed by atoms with Gasteiger partial charge in [0.15, 0.2) is 0 Å². The number of hydrogen-bond donors (Lipinski definition) is 2. The van der Waals surface area contributed by atoms with Crippen molar-refractivity contribution in [3.05, 3.63) is 12.7 Å². The van der Waals surface area contributed by atoms with E-state index in [0.717, 1.165) is 0 Å². The number of amides is 1. The van der Waals surface area contributed by atoms with Crippen LogP contribution in [-0.2, 0) is 4.79 Å². The molecule has 0 bridgehead atoms. The van der Waals surface area contributed by atoms with Gasteiger partial charge in [0.25, 0.3) is 0 Å². The second-order valence-corrected chi connectivity index (χ2v) is 5.14. The van der Waals surface area contributed by atoms with E-state index in [4.69, 9.17) is 5.73 Å². The van der Waals surface area contributed by atoms with Crippen LogP contribution in [0.3, 0.4) is 0 Å². The third kappa shape index (κ3) is 5.57. The van der Waals surface area contributed by atoms with Gasteiger partial charge in [0.1, 0.15) is 0 Å². The molecule has 0 rings (SSSR count). The first kappa shape index (κ1) is 14.2. The van der Waals surface area contributed by atoms with Crippen LogP contribution in [0.15, 0.2) is 12.7 Å². The van der Waals surface area contributed by atoms with Crippen molar-refractivity contribution in [1.29, 1.82) is 0 Å². The van der Waals surface area contributed by atoms with Crippen molar-refractivity contribution in [2.24, 2.45) is 17.1 Å². The molecule has 0 aromatic heterocycles. The molecule has 88 valence electrons. The van der Waals surface area contributed by atoms with Gasteiger partial charge < -0.3 is 11.1 Å². The van der Waals surface area contributed by atoms with Gasteiger partial charge in [0.05, 0.1) is 6.04 Å². The van der Waals surface area contributed by atoms with Crippen molar-refractivity contribution in [2.75, 3.05) is 6.54 Å². The molecule has 1 amide bonds. The van der Waals surface area contributed by atoms with Crippen LogP contribution < -0.4 is 11.1 Å². The van der Waals surface area contributed by atoms with E-state index in [9.17, 15) is 4.79 Å². The highest BCUT2D eigenvalue weighted by molar-refractivity contribution is 5.81. The summed E-state index contributed by atoms with van der Waals surface area (Å²) in [7, 11) is 0. The molecule has 3 heteroatoms. The smallest absolute Gasteiger partial charge is 0.237 e. The summed E-state index contributed by atoms with van der Waals surface area (Å²) in [6.07, 6.45) is 2.19. The molecule has 3 nitrogen and oxygen atoms in total. The Morgan fingerprint density at radius 1 is 1.53 bits per heavy atom. The largest absolute Gasteiger partial charge is 0.354 e. The van der Waals surface area contributed by atoms with E-state index in [-0.39, 0.29) is 11.3 Å². The maximum Gasteiger partial charge on any atom is 0.237 e. The first-order valence-electron chi connectivity index (χ1n) is 5.43. The van der Waals surface area contributed by atoms with Crippen LogP contribution in [0.5, 0.6) is 0 Å². The van der Waals surface area contributed by atoms with Gasteiger partial charge in [-0.25, -0.2) is 0 Å². The van der Waals surface area contributed by atoms with E-state index in [1.165, 1.54) is 0 Å². The van der Waals surface area contributed by atoms with E-state index in [2.05, 4.69) is 39.6 Å². The van der Waals surface area contributed by atoms with Gasteiger partial charge in [-0.3, -0.25) is 4.79 Å². The van der Waals surface area contributed by atoms with Gasteiger partial charge in [-0.15, -0.1) is 6.58 Å². The minimum absolute atomic E-state index is 0.0917. The van der Waals surface area contributed by atoms with E-state index in [0.29, 0.717) is 18.9 Å². The van der Waals surface area contributed by atoms with Crippen LogP contribution in [0.1, 0.15) is 34.1 Å². The zero-order valence-electron chi connectivity index (χ0n) is 10.3. The number of rotatable bonds is 5. The van der Waals surface area contributed by atoms with Gasteiger partial charge in [0.2, 0.25) is 5.91 Å². The first-order valence-corrected chi connectivity index (χ1v) is 5.43. The average molecular weight is 212 g/mol. The van der Waals surface area contributed by atoms with Gasteiger partial charge in [0, 0.05) is 6.54 Å². The summed E-state index contributed by atoms with van der Waals surface area (Å²) in [4.78, 5) is 11.5. The molecule has 0 heterocycles. The Labute approximate surface area is 93.1 Å². The fraction of sp³-hybridized carbons (Fsp3) is 0.750. The SMILES string of the molecule is C=CCC(N)C(=O)NCC(C)C(C)(C)C. The van der Waals surface area contributed by atoms with Crippen LogP contribution in [0.2, 0.25) is 0 Å². The minimum Gasteiger partial charge on any atom is -0.354 e. The molecule has 0 spiro atoms. The number of hydrogen-bond acceptors (Lipinski definition) is 2. The fourth-order valence-corrected chi connectivity index (χ4v) is 0.978. The molecule has 0 saturated carbocycles. The summed E-state index contributed by atoms with van der Waals surface area (Å²) in [5, 5.41) is 2.86. The third-order valence-electron chi connectivity index (χ3n) is 2.82. The first-order chi connectivity index (χ1) is 6.79. The molecule has 0 aliphatic heterocycles. The lowest BCUT2D eigenvalue weighted by Gasteiger charge is -2.27. The normalized spacial score (nSPS) is 15.5. The Bertz CT molecular complexity index is 218. The number of nitrogens with two attached hydrogens (primary N) is 1. The van der Waals surface area contributed by atoms with Gasteiger partial charge in [-0.05, 0) is 17.8 Å². The molecule has 0 aliphatic rings. The van der Waals surface area contributed by atoms with Crippen molar-refractivity contribution in [3.8, 4) is 0 Å². The Kier molecular flexibility index (Phi) is 5.58. The number of carbonyl (C=O) groups is 1. The van der Waals surface area contributed by atoms with Crippen molar-refractivity contribution < 1.29 is 4.79 Å². The highest BCUT2D eigenvalue weighted by Gasteiger charge is 2.21. The summed E-state index contributed by atoms with van der Waals surface area (Å²) in [5.41, 5.74) is 5.84. The van der Waals surface area contributed by atoms with Crippen LogP contribution in [0.25, 0.3) is 0 Å². The topological polar surface area (TPSA) is 55.1 Å². The summed E-state index contributed by atoms with van der Waals surface area (Å²) in [5.74, 6) is 0.336. The monoisotopic (exact) mass is 212 g/mol. The minimum atomic E-state index is -0.463. The van der Waals surface area contributed by atoms with Crippen molar-refractivity contribution in [3.63, 3.8) is 0 Å². The predicted octanol–water partition coefficient (Wildman–Crippen LogP) is 1.69. The highest BCUT2D eigenvalue weighted by atomic mass is 16.2. The van der Waals surface area contributed by atoms with Crippen molar-refractivity contribution in [2.45, 2.75) is 40.2 Å². The highest BCUT2D eigenvalue weighted by Crippen LogP contribution is 2.24. The average Bonchev–Trinajstić information content (AvgIpc) is 2.12. The summed E-state index contributed by atoms with van der Waals surface area (Å²) in [6, 6.07) is -0.463. The zero-order chi connectivity index (χ0) is 12.1. The lowest BCUT2D eigenvalue weighted by Crippen LogP contribution is -2.43. The Morgan fingerprint density at radius 3 is 2.47 bits per heavy atom. The Hall–Kier alpha value is -0.830. The fourth-order valence-electron chi connectivity index (χ4n) is 0.978. The predicted molar refractivity (Wildman–Crippen MR) is 64.4 cm³/mol. The molecule has 0 aliphatic carbocycles. The maximum atomic E-state index is 11.5. The number of carbonyl (C=O) groups excluding carboxylic acids is 1. The van der Waals surface area contributed by atoms with Crippen LogP contribution >= 0.6 is 0 Å².